The third kappa shape index (κ3) is 2.72. The molecule has 0 saturated carbocycles. The molecule has 0 fully saturated rings. The van der Waals surface area contributed by atoms with Crippen molar-refractivity contribution in [3.63, 3.8) is 0 Å². The minimum atomic E-state index is 0.0278. The molecule has 0 aliphatic rings. The molecule has 0 bridgehead atoms. The molecule has 1 aromatic heterocycles. The van der Waals surface area contributed by atoms with Crippen molar-refractivity contribution in [3.05, 3.63) is 49.9 Å². The number of nitrogens with zero attached hydrogens (tertiary/aromatic N) is 3. The molecule has 0 aliphatic carbocycles. The molecule has 108 valence electrons. The van der Waals surface area contributed by atoms with Gasteiger partial charge in [0, 0.05) is 42.4 Å². The molecule has 2 rings (SSSR count). The molecule has 0 N–H and O–H groups in total. The van der Waals surface area contributed by atoms with Crippen LogP contribution in [0, 0.1) is 6.92 Å². The van der Waals surface area contributed by atoms with E-state index in [-0.39, 0.29) is 5.56 Å². The van der Waals surface area contributed by atoms with E-state index >= 15 is 0 Å². The van der Waals surface area contributed by atoms with Crippen molar-refractivity contribution in [2.24, 2.45) is 14.1 Å². The van der Waals surface area contributed by atoms with Crippen molar-refractivity contribution in [1.29, 1.82) is 0 Å². The van der Waals surface area contributed by atoms with Gasteiger partial charge in [0.1, 0.15) is 0 Å². The van der Waals surface area contributed by atoms with Gasteiger partial charge >= 0.3 is 0 Å². The fourth-order valence-electron chi connectivity index (χ4n) is 2.22. The van der Waals surface area contributed by atoms with Gasteiger partial charge < -0.3 is 4.90 Å². The Morgan fingerprint density at radius 2 is 1.65 bits per heavy atom. The summed E-state index contributed by atoms with van der Waals surface area (Å²) in [5.74, 6) is 0. The fraction of sp³-hybridized carbons (Fsp3) is 0.357. The van der Waals surface area contributed by atoms with Gasteiger partial charge in [-0.25, -0.2) is 0 Å². The largest absolute Gasteiger partial charge is 0.369 e. The van der Waals surface area contributed by atoms with Gasteiger partial charge in [0.05, 0.1) is 12.2 Å². The molecule has 1 heterocycles. The molecule has 1 aromatic carbocycles. The van der Waals surface area contributed by atoms with E-state index in [0.717, 1.165) is 16.9 Å². The molecule has 0 spiro atoms. The lowest BCUT2D eigenvalue weighted by atomic mass is 10.2. The fourth-order valence-corrected chi connectivity index (χ4v) is 2.74. The standard InChI is InChI=1S/C14H17Cl2N3O/c1-9-13(18(3)19(4)14(9)20)8-17(2)12-6-10(15)5-11(16)7-12/h5-7H,8H2,1-4H3. The lowest BCUT2D eigenvalue weighted by Gasteiger charge is -2.21. The zero-order valence-corrected chi connectivity index (χ0v) is 13.5. The summed E-state index contributed by atoms with van der Waals surface area (Å²) < 4.78 is 3.46. The van der Waals surface area contributed by atoms with Gasteiger partial charge in [-0.2, -0.15) is 0 Å². The monoisotopic (exact) mass is 313 g/mol. The molecule has 20 heavy (non-hydrogen) atoms. The molecule has 0 saturated heterocycles. The number of hydrogen-bond donors (Lipinski definition) is 0. The van der Waals surface area contributed by atoms with Crippen molar-refractivity contribution in [3.8, 4) is 0 Å². The van der Waals surface area contributed by atoms with E-state index in [0.29, 0.717) is 16.6 Å². The van der Waals surface area contributed by atoms with Gasteiger partial charge in [-0.15, -0.1) is 0 Å². The Hall–Kier alpha value is -1.39. The summed E-state index contributed by atoms with van der Waals surface area (Å²) in [4.78, 5) is 13.9. The van der Waals surface area contributed by atoms with Crippen molar-refractivity contribution in [2.45, 2.75) is 13.5 Å². The summed E-state index contributed by atoms with van der Waals surface area (Å²) in [6, 6.07) is 5.40. The molecule has 0 unspecified atom stereocenters. The average molecular weight is 314 g/mol. The lowest BCUT2D eigenvalue weighted by molar-refractivity contribution is 0.554. The number of hydrogen-bond acceptors (Lipinski definition) is 2. The summed E-state index contributed by atoms with van der Waals surface area (Å²) in [6.07, 6.45) is 0. The quantitative estimate of drug-likeness (QED) is 0.872. The predicted molar refractivity (Wildman–Crippen MR) is 84.0 cm³/mol. The molecular weight excluding hydrogens is 297 g/mol. The second kappa shape index (κ2) is 5.54. The highest BCUT2D eigenvalue weighted by atomic mass is 35.5. The molecule has 2 aromatic rings. The zero-order chi connectivity index (χ0) is 15.0. The third-order valence-corrected chi connectivity index (χ3v) is 4.00. The number of aromatic nitrogens is 2. The number of rotatable bonds is 3. The van der Waals surface area contributed by atoms with Crippen LogP contribution in [0.2, 0.25) is 10.0 Å². The number of benzene rings is 1. The van der Waals surface area contributed by atoms with E-state index in [2.05, 4.69) is 0 Å². The Morgan fingerprint density at radius 1 is 1.10 bits per heavy atom. The molecule has 6 heteroatoms. The van der Waals surface area contributed by atoms with E-state index in [4.69, 9.17) is 23.2 Å². The zero-order valence-electron chi connectivity index (χ0n) is 11.9. The maximum Gasteiger partial charge on any atom is 0.269 e. The van der Waals surface area contributed by atoms with E-state index in [1.807, 2.05) is 42.7 Å². The van der Waals surface area contributed by atoms with Crippen LogP contribution in [0.5, 0.6) is 0 Å². The summed E-state index contributed by atoms with van der Waals surface area (Å²) in [5, 5.41) is 1.19. The summed E-state index contributed by atoms with van der Waals surface area (Å²) in [5.41, 5.74) is 2.67. The van der Waals surface area contributed by atoms with Crippen molar-refractivity contribution < 1.29 is 0 Å². The van der Waals surface area contributed by atoms with Crippen molar-refractivity contribution in [2.75, 3.05) is 11.9 Å². The van der Waals surface area contributed by atoms with Crippen molar-refractivity contribution in [1.82, 2.24) is 9.36 Å². The highest BCUT2D eigenvalue weighted by Gasteiger charge is 2.14. The summed E-state index contributed by atoms with van der Waals surface area (Å²) in [7, 11) is 5.58. The van der Waals surface area contributed by atoms with Crippen molar-refractivity contribution >= 4 is 28.9 Å². The van der Waals surface area contributed by atoms with Crippen LogP contribution >= 0.6 is 23.2 Å². The van der Waals surface area contributed by atoms with E-state index in [1.165, 1.54) is 0 Å². The minimum absolute atomic E-state index is 0.0278. The topological polar surface area (TPSA) is 30.2 Å². The normalized spacial score (nSPS) is 10.9. The third-order valence-electron chi connectivity index (χ3n) is 3.56. The van der Waals surface area contributed by atoms with Gasteiger partial charge in [0.25, 0.3) is 5.56 Å². The van der Waals surface area contributed by atoms with Gasteiger partial charge in [-0.3, -0.25) is 14.2 Å². The minimum Gasteiger partial charge on any atom is -0.369 e. The Bertz CT molecular complexity index is 683. The second-order valence-corrected chi connectivity index (χ2v) is 5.78. The molecule has 0 atom stereocenters. The maximum absolute atomic E-state index is 11.9. The van der Waals surface area contributed by atoms with Crippen LogP contribution in [0.15, 0.2) is 23.0 Å². The molecule has 0 radical (unpaired) electrons. The molecule has 4 nitrogen and oxygen atoms in total. The van der Waals surface area contributed by atoms with Gasteiger partial charge in [0.15, 0.2) is 0 Å². The number of anilines is 1. The Morgan fingerprint density at radius 3 is 2.10 bits per heavy atom. The van der Waals surface area contributed by atoms with Gasteiger partial charge in [-0.05, 0) is 25.1 Å². The van der Waals surface area contributed by atoms with Crippen LogP contribution in [0.25, 0.3) is 0 Å². The maximum atomic E-state index is 11.9. The van der Waals surface area contributed by atoms with Crippen LogP contribution in [-0.4, -0.2) is 16.4 Å². The molecular formula is C14H17Cl2N3O. The van der Waals surface area contributed by atoms with Crippen LogP contribution in [0.3, 0.4) is 0 Å². The first-order chi connectivity index (χ1) is 9.31. The van der Waals surface area contributed by atoms with Crippen LogP contribution < -0.4 is 10.5 Å². The SMILES string of the molecule is Cc1c(CN(C)c2cc(Cl)cc(Cl)c2)n(C)n(C)c1=O. The van der Waals surface area contributed by atoms with Crippen LogP contribution in [0.4, 0.5) is 5.69 Å². The Labute approximate surface area is 128 Å². The average Bonchev–Trinajstić information content (AvgIpc) is 2.55. The van der Waals surface area contributed by atoms with E-state index in [9.17, 15) is 4.79 Å². The first-order valence-electron chi connectivity index (χ1n) is 6.20. The first kappa shape index (κ1) is 15.0. The van der Waals surface area contributed by atoms with Gasteiger partial charge in [0.2, 0.25) is 0 Å². The summed E-state index contributed by atoms with van der Waals surface area (Å²) in [6.45, 7) is 2.45. The highest BCUT2D eigenvalue weighted by Crippen LogP contribution is 2.25. The highest BCUT2D eigenvalue weighted by molar-refractivity contribution is 6.35. The Kier molecular flexibility index (Phi) is 4.16. The first-order valence-corrected chi connectivity index (χ1v) is 6.95. The smallest absolute Gasteiger partial charge is 0.269 e. The van der Waals surface area contributed by atoms with Crippen LogP contribution in [0.1, 0.15) is 11.3 Å². The molecule has 0 amide bonds. The van der Waals surface area contributed by atoms with Crippen LogP contribution in [-0.2, 0) is 20.6 Å². The summed E-state index contributed by atoms with van der Waals surface area (Å²) >= 11 is 12.0. The lowest BCUT2D eigenvalue weighted by Crippen LogP contribution is -2.20. The van der Waals surface area contributed by atoms with E-state index < -0.39 is 0 Å². The van der Waals surface area contributed by atoms with E-state index in [1.54, 1.807) is 17.8 Å². The predicted octanol–water partition coefficient (Wildman–Crippen LogP) is 2.98. The Balaban J connectivity index is 2.35. The number of halogens is 2. The second-order valence-electron chi connectivity index (χ2n) is 4.91. The van der Waals surface area contributed by atoms with Gasteiger partial charge in [-0.1, -0.05) is 23.2 Å². The molecule has 0 aliphatic heterocycles.